The molecule has 1 aromatic carbocycles. The van der Waals surface area contributed by atoms with Gasteiger partial charge in [-0.05, 0) is 18.2 Å². The second-order valence-electron chi connectivity index (χ2n) is 4.50. The van der Waals surface area contributed by atoms with E-state index in [-0.39, 0.29) is 0 Å². The molecule has 0 radical (unpaired) electrons. The number of aromatic nitrogens is 3. The fourth-order valence-corrected chi connectivity index (χ4v) is 2.46. The van der Waals surface area contributed by atoms with Crippen molar-refractivity contribution in [3.8, 4) is 11.3 Å². The van der Waals surface area contributed by atoms with Crippen molar-refractivity contribution in [1.29, 1.82) is 0 Å². The summed E-state index contributed by atoms with van der Waals surface area (Å²) < 4.78 is 0. The average molecular weight is 249 g/mol. The molecule has 0 atom stereocenters. The lowest BCUT2D eigenvalue weighted by Gasteiger charge is -2.02. The maximum Gasteiger partial charge on any atom is 0.133 e. The Morgan fingerprint density at radius 1 is 1.21 bits per heavy atom. The first-order valence-electron chi connectivity index (χ1n) is 6.07. The summed E-state index contributed by atoms with van der Waals surface area (Å²) in [6.07, 6.45) is 3.81. The molecule has 92 valence electrons. The lowest BCUT2D eigenvalue weighted by molar-refractivity contribution is 1.10. The number of rotatable bonds is 1. The summed E-state index contributed by atoms with van der Waals surface area (Å²) in [6.45, 7) is 0.682. The molecule has 1 aliphatic rings. The highest BCUT2D eigenvalue weighted by atomic mass is 15.1. The molecule has 4 rings (SSSR count). The molecule has 0 bridgehead atoms. The number of nitrogens with one attached hydrogen (secondary N) is 1. The van der Waals surface area contributed by atoms with E-state index in [1.54, 1.807) is 6.20 Å². The molecule has 2 aromatic heterocycles. The van der Waals surface area contributed by atoms with Gasteiger partial charge in [-0.2, -0.15) is 5.10 Å². The Morgan fingerprint density at radius 3 is 3.00 bits per heavy atom. The Bertz CT molecular complexity index is 894. The van der Waals surface area contributed by atoms with Crippen molar-refractivity contribution >= 4 is 22.8 Å². The number of hydrogen-bond acceptors (Lipinski definition) is 4. The van der Waals surface area contributed by atoms with E-state index in [4.69, 9.17) is 5.73 Å². The molecule has 19 heavy (non-hydrogen) atoms. The number of fused-ring (bicyclic) bond motifs is 3. The Labute approximate surface area is 108 Å². The molecule has 3 heterocycles. The number of benzene rings is 1. The molecule has 0 fully saturated rings. The number of hydrogen-bond donors (Lipinski definition) is 2. The summed E-state index contributed by atoms with van der Waals surface area (Å²) in [5.41, 5.74) is 8.75. The summed E-state index contributed by atoms with van der Waals surface area (Å²) in [7, 11) is 0. The number of nitrogens with zero attached hydrogens (tertiary/aromatic N) is 3. The summed E-state index contributed by atoms with van der Waals surface area (Å²) in [4.78, 5) is 8.95. The van der Waals surface area contributed by atoms with Gasteiger partial charge < -0.3 is 5.73 Å². The second kappa shape index (κ2) is 3.65. The highest BCUT2D eigenvalue weighted by Crippen LogP contribution is 2.20. The summed E-state index contributed by atoms with van der Waals surface area (Å²) in [5, 5.41) is 9.94. The maximum absolute atomic E-state index is 5.98. The van der Waals surface area contributed by atoms with Gasteiger partial charge in [0.2, 0.25) is 0 Å². The predicted octanol–water partition coefficient (Wildman–Crippen LogP) is 0.621. The predicted molar refractivity (Wildman–Crippen MR) is 73.9 cm³/mol. The third kappa shape index (κ3) is 1.45. The van der Waals surface area contributed by atoms with Gasteiger partial charge in [0.05, 0.1) is 23.1 Å². The average Bonchev–Trinajstić information content (AvgIpc) is 3.10. The number of aromatic amines is 1. The third-order valence-corrected chi connectivity index (χ3v) is 3.37. The monoisotopic (exact) mass is 249 g/mol. The Morgan fingerprint density at radius 2 is 2.16 bits per heavy atom. The van der Waals surface area contributed by atoms with Gasteiger partial charge in [-0.3, -0.25) is 10.1 Å². The normalized spacial score (nSPS) is 13.1. The van der Waals surface area contributed by atoms with E-state index in [1.807, 2.05) is 30.3 Å². The second-order valence-corrected chi connectivity index (χ2v) is 4.50. The van der Waals surface area contributed by atoms with Crippen molar-refractivity contribution in [3.05, 3.63) is 41.0 Å². The zero-order valence-corrected chi connectivity index (χ0v) is 10.1. The molecule has 5 nitrogen and oxygen atoms in total. The highest BCUT2D eigenvalue weighted by Gasteiger charge is 2.08. The van der Waals surface area contributed by atoms with Gasteiger partial charge in [0.25, 0.3) is 0 Å². The van der Waals surface area contributed by atoms with E-state index in [1.165, 1.54) is 0 Å². The smallest absolute Gasteiger partial charge is 0.133 e. The zero-order chi connectivity index (χ0) is 12.8. The SMILES string of the molecule is Nc1nc2cc(-c3cc[nH]n3)ccc2c2c1=CCN=2. The van der Waals surface area contributed by atoms with Gasteiger partial charge >= 0.3 is 0 Å². The third-order valence-electron chi connectivity index (χ3n) is 3.37. The minimum atomic E-state index is 0.544. The zero-order valence-electron chi connectivity index (χ0n) is 10.1. The minimum Gasteiger partial charge on any atom is -0.383 e. The Balaban J connectivity index is 2.07. The Hall–Kier alpha value is -2.69. The van der Waals surface area contributed by atoms with E-state index in [0.717, 1.165) is 32.7 Å². The van der Waals surface area contributed by atoms with Gasteiger partial charge in [-0.1, -0.05) is 12.1 Å². The van der Waals surface area contributed by atoms with Gasteiger partial charge in [0.15, 0.2) is 0 Å². The summed E-state index contributed by atoms with van der Waals surface area (Å²) >= 11 is 0. The van der Waals surface area contributed by atoms with Crippen molar-refractivity contribution in [1.82, 2.24) is 15.2 Å². The fraction of sp³-hybridized carbons (Fsp3) is 0.0714. The lowest BCUT2D eigenvalue weighted by atomic mass is 10.1. The van der Waals surface area contributed by atoms with Crippen molar-refractivity contribution < 1.29 is 0 Å². The molecular weight excluding hydrogens is 238 g/mol. The van der Waals surface area contributed by atoms with Gasteiger partial charge in [0, 0.05) is 22.4 Å². The largest absolute Gasteiger partial charge is 0.383 e. The van der Waals surface area contributed by atoms with Crippen LogP contribution < -0.4 is 16.3 Å². The number of nitrogens with two attached hydrogens (primary N) is 1. The quantitative estimate of drug-likeness (QED) is 0.663. The fourth-order valence-electron chi connectivity index (χ4n) is 2.46. The van der Waals surface area contributed by atoms with Gasteiger partial charge in [0.1, 0.15) is 5.82 Å². The van der Waals surface area contributed by atoms with E-state index < -0.39 is 0 Å². The first kappa shape index (κ1) is 10.3. The van der Waals surface area contributed by atoms with E-state index in [9.17, 15) is 0 Å². The molecule has 1 aliphatic heterocycles. The first-order chi connectivity index (χ1) is 9.33. The van der Waals surface area contributed by atoms with Crippen LogP contribution >= 0.6 is 0 Å². The summed E-state index contributed by atoms with van der Waals surface area (Å²) in [5.74, 6) is 0.544. The topological polar surface area (TPSA) is 80.0 Å². The van der Waals surface area contributed by atoms with Crippen molar-refractivity contribution in [2.24, 2.45) is 4.99 Å². The Kier molecular flexibility index (Phi) is 1.97. The van der Waals surface area contributed by atoms with Crippen LogP contribution in [0.5, 0.6) is 0 Å². The molecule has 3 N–H and O–H groups in total. The van der Waals surface area contributed by atoms with Crippen LogP contribution in [0.1, 0.15) is 0 Å². The van der Waals surface area contributed by atoms with Gasteiger partial charge in [-0.25, -0.2) is 4.98 Å². The molecule has 0 amide bonds. The van der Waals surface area contributed by atoms with Crippen LogP contribution in [-0.4, -0.2) is 21.7 Å². The molecule has 0 saturated heterocycles. The van der Waals surface area contributed by atoms with Crippen LogP contribution in [0.3, 0.4) is 0 Å². The maximum atomic E-state index is 5.98. The molecule has 0 spiro atoms. The van der Waals surface area contributed by atoms with E-state index in [2.05, 4.69) is 20.2 Å². The molecule has 0 unspecified atom stereocenters. The van der Waals surface area contributed by atoms with Crippen LogP contribution in [0.25, 0.3) is 28.2 Å². The van der Waals surface area contributed by atoms with Crippen LogP contribution in [0.4, 0.5) is 5.82 Å². The van der Waals surface area contributed by atoms with Crippen molar-refractivity contribution in [2.45, 2.75) is 0 Å². The van der Waals surface area contributed by atoms with Crippen molar-refractivity contribution in [2.75, 3.05) is 12.3 Å². The first-order valence-corrected chi connectivity index (χ1v) is 6.07. The molecule has 0 aliphatic carbocycles. The van der Waals surface area contributed by atoms with Gasteiger partial charge in [-0.15, -0.1) is 0 Å². The van der Waals surface area contributed by atoms with Crippen molar-refractivity contribution in [3.63, 3.8) is 0 Å². The van der Waals surface area contributed by atoms with E-state index in [0.29, 0.717) is 12.4 Å². The molecule has 3 aromatic rings. The molecule has 0 saturated carbocycles. The number of H-pyrrole nitrogens is 1. The standard InChI is InChI=1S/C14H11N5/c15-14-10-3-5-16-13(10)9-2-1-8(7-12(9)18-14)11-4-6-17-19-11/h1-4,6-7H,5H2,(H2,15,18)(H,17,19). The number of pyridine rings is 1. The van der Waals surface area contributed by atoms with Crippen LogP contribution in [0.2, 0.25) is 0 Å². The number of nitrogen functional groups attached to an aromatic ring is 1. The number of anilines is 1. The lowest BCUT2D eigenvalue weighted by Crippen LogP contribution is -2.27. The van der Waals surface area contributed by atoms with Crippen LogP contribution in [0.15, 0.2) is 35.5 Å². The van der Waals surface area contributed by atoms with Crippen LogP contribution in [0, 0.1) is 0 Å². The van der Waals surface area contributed by atoms with E-state index >= 15 is 0 Å². The summed E-state index contributed by atoms with van der Waals surface area (Å²) in [6, 6.07) is 7.99. The van der Waals surface area contributed by atoms with Crippen LogP contribution in [-0.2, 0) is 0 Å². The molecule has 5 heteroatoms. The highest BCUT2D eigenvalue weighted by molar-refractivity contribution is 5.85. The molecular formula is C14H11N5. The minimum absolute atomic E-state index is 0.544.